The Morgan fingerprint density at radius 3 is 2.76 bits per heavy atom. The summed E-state index contributed by atoms with van der Waals surface area (Å²) < 4.78 is 2.02. The third kappa shape index (κ3) is 2.17. The number of pyridine rings is 1. The standard InChI is InChI=1S/C13H16ClN3/c1-16-6-4-10(5-7-16)12-9-17-8-11(14)2-3-13(17)15-12/h2-3,8-10H,4-7H2,1H3. The zero-order chi connectivity index (χ0) is 11.8. The summed E-state index contributed by atoms with van der Waals surface area (Å²) in [6.07, 6.45) is 6.45. The van der Waals surface area contributed by atoms with Crippen molar-refractivity contribution in [2.24, 2.45) is 0 Å². The Morgan fingerprint density at radius 1 is 1.24 bits per heavy atom. The van der Waals surface area contributed by atoms with E-state index in [2.05, 4.69) is 23.1 Å². The zero-order valence-electron chi connectivity index (χ0n) is 9.93. The highest BCUT2D eigenvalue weighted by Gasteiger charge is 2.20. The van der Waals surface area contributed by atoms with Gasteiger partial charge >= 0.3 is 0 Å². The first kappa shape index (κ1) is 11.1. The first-order chi connectivity index (χ1) is 8.22. The van der Waals surface area contributed by atoms with Crippen molar-refractivity contribution in [3.63, 3.8) is 0 Å². The Kier molecular flexibility index (Phi) is 2.81. The lowest BCUT2D eigenvalue weighted by Gasteiger charge is -2.27. The van der Waals surface area contributed by atoms with Crippen LogP contribution in [0.15, 0.2) is 24.5 Å². The Labute approximate surface area is 106 Å². The topological polar surface area (TPSA) is 20.5 Å². The molecule has 3 nitrogen and oxygen atoms in total. The second-order valence-electron chi connectivity index (χ2n) is 4.86. The molecule has 0 amide bonds. The first-order valence-corrected chi connectivity index (χ1v) is 6.43. The van der Waals surface area contributed by atoms with Gasteiger partial charge in [-0.1, -0.05) is 11.6 Å². The zero-order valence-corrected chi connectivity index (χ0v) is 10.7. The summed E-state index contributed by atoms with van der Waals surface area (Å²) >= 11 is 5.98. The molecule has 17 heavy (non-hydrogen) atoms. The van der Waals surface area contributed by atoms with Gasteiger partial charge < -0.3 is 9.30 Å². The van der Waals surface area contributed by atoms with Crippen molar-refractivity contribution in [1.82, 2.24) is 14.3 Å². The summed E-state index contributed by atoms with van der Waals surface area (Å²) in [5.74, 6) is 0.602. The fraction of sp³-hybridized carbons (Fsp3) is 0.462. The maximum atomic E-state index is 5.98. The van der Waals surface area contributed by atoms with Crippen LogP contribution < -0.4 is 0 Å². The molecule has 1 aliphatic rings. The molecule has 90 valence electrons. The number of piperidine rings is 1. The van der Waals surface area contributed by atoms with E-state index >= 15 is 0 Å². The summed E-state index contributed by atoms with van der Waals surface area (Å²) in [4.78, 5) is 7.07. The average molecular weight is 250 g/mol. The van der Waals surface area contributed by atoms with Gasteiger partial charge in [0.1, 0.15) is 5.65 Å². The third-order valence-corrected chi connectivity index (χ3v) is 3.79. The number of nitrogens with zero attached hydrogens (tertiary/aromatic N) is 3. The second kappa shape index (κ2) is 4.31. The second-order valence-corrected chi connectivity index (χ2v) is 5.29. The molecule has 0 aromatic carbocycles. The van der Waals surface area contributed by atoms with Crippen molar-refractivity contribution in [2.45, 2.75) is 18.8 Å². The Hall–Kier alpha value is -1.06. The fourth-order valence-corrected chi connectivity index (χ4v) is 2.65. The van der Waals surface area contributed by atoms with Crippen molar-refractivity contribution < 1.29 is 0 Å². The molecule has 0 spiro atoms. The van der Waals surface area contributed by atoms with Crippen LogP contribution in [0.3, 0.4) is 0 Å². The van der Waals surface area contributed by atoms with Crippen LogP contribution in [0.2, 0.25) is 5.02 Å². The van der Waals surface area contributed by atoms with E-state index in [1.807, 2.05) is 22.7 Å². The molecule has 1 aliphatic heterocycles. The van der Waals surface area contributed by atoms with E-state index in [1.165, 1.54) is 31.6 Å². The molecule has 2 aromatic heterocycles. The Bertz CT molecular complexity index is 526. The number of hydrogen-bond donors (Lipinski definition) is 0. The summed E-state index contributed by atoms with van der Waals surface area (Å²) in [5.41, 5.74) is 2.20. The largest absolute Gasteiger partial charge is 0.306 e. The maximum Gasteiger partial charge on any atom is 0.137 e. The highest BCUT2D eigenvalue weighted by atomic mass is 35.5. The molecule has 0 atom stereocenters. The number of likely N-dealkylation sites (tertiary alicyclic amines) is 1. The fourth-order valence-electron chi connectivity index (χ4n) is 2.49. The summed E-state index contributed by atoms with van der Waals surface area (Å²) in [7, 11) is 2.18. The first-order valence-electron chi connectivity index (χ1n) is 6.05. The van der Waals surface area contributed by atoms with Crippen molar-refractivity contribution in [2.75, 3.05) is 20.1 Å². The van der Waals surface area contributed by atoms with E-state index in [1.54, 1.807) is 0 Å². The van der Waals surface area contributed by atoms with Gasteiger partial charge in [0.05, 0.1) is 10.7 Å². The van der Waals surface area contributed by atoms with Crippen molar-refractivity contribution >= 4 is 17.2 Å². The lowest BCUT2D eigenvalue weighted by molar-refractivity contribution is 0.253. The Balaban J connectivity index is 1.90. The predicted molar refractivity (Wildman–Crippen MR) is 69.7 cm³/mol. The molecule has 4 heteroatoms. The SMILES string of the molecule is CN1CCC(c2cn3cc(Cl)ccc3n2)CC1. The molecule has 0 unspecified atom stereocenters. The van der Waals surface area contributed by atoms with Gasteiger partial charge in [0.2, 0.25) is 0 Å². The summed E-state index contributed by atoms with van der Waals surface area (Å²) in [6.45, 7) is 2.33. The van der Waals surface area contributed by atoms with Gasteiger partial charge in [-0.25, -0.2) is 4.98 Å². The molecular formula is C13H16ClN3. The van der Waals surface area contributed by atoms with E-state index < -0.39 is 0 Å². The van der Waals surface area contributed by atoms with Crippen LogP contribution in [-0.2, 0) is 0 Å². The van der Waals surface area contributed by atoms with Gasteiger partial charge in [-0.05, 0) is 45.1 Å². The minimum Gasteiger partial charge on any atom is -0.306 e. The lowest BCUT2D eigenvalue weighted by atomic mass is 9.94. The monoisotopic (exact) mass is 249 g/mol. The maximum absolute atomic E-state index is 5.98. The highest BCUT2D eigenvalue weighted by Crippen LogP contribution is 2.27. The quantitative estimate of drug-likeness (QED) is 0.775. The number of halogens is 1. The average Bonchev–Trinajstić information content (AvgIpc) is 2.72. The molecule has 0 saturated carbocycles. The molecule has 2 aromatic rings. The van der Waals surface area contributed by atoms with E-state index in [0.29, 0.717) is 5.92 Å². The van der Waals surface area contributed by atoms with Gasteiger partial charge in [-0.2, -0.15) is 0 Å². The third-order valence-electron chi connectivity index (χ3n) is 3.57. The van der Waals surface area contributed by atoms with Crippen LogP contribution in [0.4, 0.5) is 0 Å². The van der Waals surface area contributed by atoms with Gasteiger partial charge in [0.25, 0.3) is 0 Å². The molecule has 0 aliphatic carbocycles. The van der Waals surface area contributed by atoms with Crippen LogP contribution in [0, 0.1) is 0 Å². The molecule has 3 heterocycles. The number of fused-ring (bicyclic) bond motifs is 1. The molecule has 1 fully saturated rings. The lowest BCUT2D eigenvalue weighted by Crippen LogP contribution is -2.29. The van der Waals surface area contributed by atoms with E-state index in [-0.39, 0.29) is 0 Å². The van der Waals surface area contributed by atoms with E-state index in [0.717, 1.165) is 10.7 Å². The number of aromatic nitrogens is 2. The molecule has 0 N–H and O–H groups in total. The molecule has 3 rings (SSSR count). The van der Waals surface area contributed by atoms with E-state index in [9.17, 15) is 0 Å². The van der Waals surface area contributed by atoms with Crippen molar-refractivity contribution in [1.29, 1.82) is 0 Å². The van der Waals surface area contributed by atoms with Gasteiger partial charge in [0, 0.05) is 18.3 Å². The van der Waals surface area contributed by atoms with Crippen LogP contribution in [0.25, 0.3) is 5.65 Å². The normalized spacial score (nSPS) is 18.9. The summed E-state index contributed by atoms with van der Waals surface area (Å²) in [6, 6.07) is 3.86. The van der Waals surface area contributed by atoms with Crippen LogP contribution in [0.5, 0.6) is 0 Å². The van der Waals surface area contributed by atoms with Crippen molar-refractivity contribution in [3.05, 3.63) is 35.2 Å². The Morgan fingerprint density at radius 2 is 2.00 bits per heavy atom. The number of imidazole rings is 1. The smallest absolute Gasteiger partial charge is 0.137 e. The number of hydrogen-bond acceptors (Lipinski definition) is 2. The van der Waals surface area contributed by atoms with Gasteiger partial charge in [0.15, 0.2) is 0 Å². The van der Waals surface area contributed by atoms with Crippen LogP contribution in [0.1, 0.15) is 24.5 Å². The minimum absolute atomic E-state index is 0.602. The number of rotatable bonds is 1. The van der Waals surface area contributed by atoms with Crippen LogP contribution in [-0.4, -0.2) is 34.4 Å². The van der Waals surface area contributed by atoms with Gasteiger partial charge in [-0.3, -0.25) is 0 Å². The predicted octanol–water partition coefficient (Wildman–Crippen LogP) is 2.80. The van der Waals surface area contributed by atoms with E-state index in [4.69, 9.17) is 11.6 Å². The van der Waals surface area contributed by atoms with Crippen molar-refractivity contribution in [3.8, 4) is 0 Å². The molecule has 0 radical (unpaired) electrons. The van der Waals surface area contributed by atoms with Crippen LogP contribution >= 0.6 is 11.6 Å². The highest BCUT2D eigenvalue weighted by molar-refractivity contribution is 6.30. The summed E-state index contributed by atoms with van der Waals surface area (Å²) in [5, 5.41) is 0.754. The molecular weight excluding hydrogens is 234 g/mol. The minimum atomic E-state index is 0.602. The van der Waals surface area contributed by atoms with Gasteiger partial charge in [-0.15, -0.1) is 0 Å². The molecule has 1 saturated heterocycles. The molecule has 0 bridgehead atoms.